The van der Waals surface area contributed by atoms with Gasteiger partial charge in [0.25, 0.3) is 5.56 Å². The van der Waals surface area contributed by atoms with E-state index in [2.05, 4.69) is 26.7 Å². The summed E-state index contributed by atoms with van der Waals surface area (Å²) in [5, 5.41) is 15.7. The smallest absolute Gasteiger partial charge is 0.258 e. The zero-order valence-corrected chi connectivity index (χ0v) is 17.6. The van der Waals surface area contributed by atoms with Gasteiger partial charge in [-0.2, -0.15) is 10.2 Å². The first-order chi connectivity index (χ1) is 15.6. The van der Waals surface area contributed by atoms with Crippen LogP contribution in [0.5, 0.6) is 11.5 Å². The Morgan fingerprint density at radius 1 is 1.06 bits per heavy atom. The zero-order chi connectivity index (χ0) is 22.1. The molecule has 9 heteroatoms. The van der Waals surface area contributed by atoms with E-state index in [1.807, 2.05) is 0 Å². The van der Waals surface area contributed by atoms with Crippen LogP contribution in [0.4, 0.5) is 11.8 Å². The SMILES string of the molecule is N#CC1C(=O)Nc2nc(NC3CCCCC3)[nH]c(=O)c2C1c1ccc2c(c1)OCCCO2. The number of carbonyl (C=O) groups excluding carboxylic acids is 1. The average Bonchev–Trinajstić information content (AvgIpc) is 3.03. The van der Waals surface area contributed by atoms with Crippen molar-refractivity contribution in [2.75, 3.05) is 23.8 Å². The van der Waals surface area contributed by atoms with Crippen LogP contribution in [0.2, 0.25) is 0 Å². The lowest BCUT2D eigenvalue weighted by atomic mass is 9.79. The number of ether oxygens (including phenoxy) is 2. The van der Waals surface area contributed by atoms with Gasteiger partial charge in [0.1, 0.15) is 11.7 Å². The number of aromatic amines is 1. The number of rotatable bonds is 3. The summed E-state index contributed by atoms with van der Waals surface area (Å²) in [6, 6.07) is 7.60. The number of nitrogens with one attached hydrogen (secondary N) is 3. The highest BCUT2D eigenvalue weighted by molar-refractivity contribution is 5.98. The van der Waals surface area contributed by atoms with Gasteiger partial charge in [0.15, 0.2) is 11.5 Å². The van der Waals surface area contributed by atoms with Crippen molar-refractivity contribution in [2.45, 2.75) is 50.5 Å². The number of fused-ring (bicyclic) bond motifs is 2. The Labute approximate surface area is 185 Å². The molecule has 32 heavy (non-hydrogen) atoms. The molecule has 2 aromatic rings. The van der Waals surface area contributed by atoms with Gasteiger partial charge < -0.3 is 20.1 Å². The molecule has 2 atom stereocenters. The molecular formula is C23H25N5O4. The minimum Gasteiger partial charge on any atom is -0.490 e. The predicted molar refractivity (Wildman–Crippen MR) is 117 cm³/mol. The van der Waals surface area contributed by atoms with Crippen LogP contribution in [0.15, 0.2) is 23.0 Å². The van der Waals surface area contributed by atoms with Crippen molar-refractivity contribution in [3.05, 3.63) is 39.7 Å². The Morgan fingerprint density at radius 3 is 2.62 bits per heavy atom. The molecule has 0 saturated heterocycles. The fourth-order valence-corrected chi connectivity index (χ4v) is 4.75. The number of benzene rings is 1. The highest BCUT2D eigenvalue weighted by Crippen LogP contribution is 2.41. The average molecular weight is 435 g/mol. The van der Waals surface area contributed by atoms with Gasteiger partial charge in [-0.1, -0.05) is 25.3 Å². The van der Waals surface area contributed by atoms with Crippen LogP contribution in [0.25, 0.3) is 0 Å². The summed E-state index contributed by atoms with van der Waals surface area (Å²) >= 11 is 0. The maximum Gasteiger partial charge on any atom is 0.258 e. The third-order valence-electron chi connectivity index (χ3n) is 6.34. The summed E-state index contributed by atoms with van der Waals surface area (Å²) in [4.78, 5) is 33.3. The molecule has 166 valence electrons. The maximum atomic E-state index is 13.2. The molecule has 9 nitrogen and oxygen atoms in total. The van der Waals surface area contributed by atoms with Crippen molar-refractivity contribution < 1.29 is 14.3 Å². The first kappa shape index (κ1) is 20.4. The summed E-state index contributed by atoms with van der Waals surface area (Å²) in [7, 11) is 0. The van der Waals surface area contributed by atoms with Crippen LogP contribution in [-0.4, -0.2) is 35.1 Å². The Hall–Kier alpha value is -3.54. The van der Waals surface area contributed by atoms with E-state index >= 15 is 0 Å². The van der Waals surface area contributed by atoms with Gasteiger partial charge in [-0.05, 0) is 30.5 Å². The number of nitrogens with zero attached hydrogens (tertiary/aromatic N) is 2. The largest absolute Gasteiger partial charge is 0.490 e. The molecule has 3 N–H and O–H groups in total. The quantitative estimate of drug-likeness (QED) is 0.676. The molecule has 1 amide bonds. The summed E-state index contributed by atoms with van der Waals surface area (Å²) < 4.78 is 11.5. The van der Waals surface area contributed by atoms with E-state index in [0.717, 1.165) is 32.1 Å². The molecule has 0 spiro atoms. The van der Waals surface area contributed by atoms with Gasteiger partial charge in [-0.3, -0.25) is 14.6 Å². The maximum absolute atomic E-state index is 13.2. The van der Waals surface area contributed by atoms with Crippen LogP contribution >= 0.6 is 0 Å². The van der Waals surface area contributed by atoms with Crippen molar-refractivity contribution in [2.24, 2.45) is 5.92 Å². The number of hydrogen-bond donors (Lipinski definition) is 3. The predicted octanol–water partition coefficient (Wildman–Crippen LogP) is 2.90. The van der Waals surface area contributed by atoms with E-state index in [0.29, 0.717) is 36.2 Å². The van der Waals surface area contributed by atoms with Gasteiger partial charge in [0, 0.05) is 18.4 Å². The van der Waals surface area contributed by atoms with Crippen LogP contribution in [0.1, 0.15) is 55.6 Å². The lowest BCUT2D eigenvalue weighted by Gasteiger charge is -2.29. The van der Waals surface area contributed by atoms with Gasteiger partial charge in [0.2, 0.25) is 11.9 Å². The second kappa shape index (κ2) is 8.54. The van der Waals surface area contributed by atoms with Gasteiger partial charge in [0.05, 0.1) is 24.8 Å². The Kier molecular flexibility index (Phi) is 5.43. The second-order valence-corrected chi connectivity index (χ2v) is 8.49. The fraction of sp³-hybridized carbons (Fsp3) is 0.478. The molecule has 1 aromatic heterocycles. The van der Waals surface area contributed by atoms with Crippen LogP contribution in [-0.2, 0) is 4.79 Å². The molecule has 1 saturated carbocycles. The number of aromatic nitrogens is 2. The Morgan fingerprint density at radius 2 is 1.84 bits per heavy atom. The molecule has 1 fully saturated rings. The van der Waals surface area contributed by atoms with Crippen molar-refractivity contribution in [3.8, 4) is 17.6 Å². The molecule has 0 radical (unpaired) electrons. The monoisotopic (exact) mass is 435 g/mol. The van der Waals surface area contributed by atoms with Crippen LogP contribution in [0.3, 0.4) is 0 Å². The molecule has 2 aliphatic heterocycles. The van der Waals surface area contributed by atoms with Crippen molar-refractivity contribution in [1.82, 2.24) is 9.97 Å². The van der Waals surface area contributed by atoms with E-state index < -0.39 is 17.7 Å². The highest BCUT2D eigenvalue weighted by Gasteiger charge is 2.40. The van der Waals surface area contributed by atoms with Crippen molar-refractivity contribution >= 4 is 17.7 Å². The number of anilines is 2. The zero-order valence-electron chi connectivity index (χ0n) is 17.6. The second-order valence-electron chi connectivity index (χ2n) is 8.49. The lowest BCUT2D eigenvalue weighted by molar-refractivity contribution is -0.119. The number of amides is 1. The van der Waals surface area contributed by atoms with Crippen molar-refractivity contribution in [3.63, 3.8) is 0 Å². The molecule has 5 rings (SSSR count). The summed E-state index contributed by atoms with van der Waals surface area (Å²) in [6.45, 7) is 1.07. The molecule has 1 aliphatic carbocycles. The topological polar surface area (TPSA) is 129 Å². The third kappa shape index (κ3) is 3.77. The van der Waals surface area contributed by atoms with Gasteiger partial charge in [-0.15, -0.1) is 0 Å². The highest BCUT2D eigenvalue weighted by atomic mass is 16.5. The summed E-state index contributed by atoms with van der Waals surface area (Å²) in [6.07, 6.45) is 6.29. The lowest BCUT2D eigenvalue weighted by Crippen LogP contribution is -2.38. The molecule has 0 bridgehead atoms. The van der Waals surface area contributed by atoms with E-state index in [1.54, 1.807) is 18.2 Å². The van der Waals surface area contributed by atoms with E-state index in [1.165, 1.54) is 6.42 Å². The normalized spacial score (nSPS) is 22.8. The summed E-state index contributed by atoms with van der Waals surface area (Å²) in [5.41, 5.74) is 0.544. The molecule has 1 aromatic carbocycles. The van der Waals surface area contributed by atoms with Crippen LogP contribution < -0.4 is 25.7 Å². The number of hydrogen-bond acceptors (Lipinski definition) is 7. The first-order valence-electron chi connectivity index (χ1n) is 11.1. The standard InChI is InChI=1S/C23H25N5O4/c24-12-15-18(13-7-8-16-17(11-13)32-10-4-9-31-16)19-20(26-21(15)29)27-23(28-22(19)30)25-14-5-2-1-3-6-14/h7-8,11,14-15,18H,1-6,9-10H2,(H3,25,26,27,28,29,30). The van der Waals surface area contributed by atoms with E-state index in [9.17, 15) is 14.9 Å². The Balaban J connectivity index is 1.55. The van der Waals surface area contributed by atoms with Gasteiger partial charge in [-0.25, -0.2) is 0 Å². The summed E-state index contributed by atoms with van der Waals surface area (Å²) in [5.74, 6) is -0.607. The first-order valence-corrected chi connectivity index (χ1v) is 11.1. The number of H-pyrrole nitrogens is 1. The molecule has 2 unspecified atom stereocenters. The van der Waals surface area contributed by atoms with Crippen LogP contribution in [0, 0.1) is 17.2 Å². The molecule has 3 heterocycles. The molecule has 3 aliphatic rings. The number of carbonyl (C=O) groups is 1. The minimum absolute atomic E-state index is 0.195. The van der Waals surface area contributed by atoms with E-state index in [-0.39, 0.29) is 23.0 Å². The molecular weight excluding hydrogens is 410 g/mol. The Bertz CT molecular complexity index is 1130. The number of nitriles is 1. The van der Waals surface area contributed by atoms with Gasteiger partial charge >= 0.3 is 0 Å². The van der Waals surface area contributed by atoms with Crippen molar-refractivity contribution in [1.29, 1.82) is 5.26 Å². The third-order valence-corrected chi connectivity index (χ3v) is 6.34. The minimum atomic E-state index is -1.06. The van der Waals surface area contributed by atoms with E-state index in [4.69, 9.17) is 9.47 Å². The fourth-order valence-electron chi connectivity index (χ4n) is 4.75.